The minimum atomic E-state index is -3.62. The smallest absolute Gasteiger partial charge is 0.247 e. The number of halogens is 1. The molecule has 2 heterocycles. The van der Waals surface area contributed by atoms with Gasteiger partial charge in [-0.3, -0.25) is 14.5 Å². The van der Waals surface area contributed by atoms with Crippen LogP contribution in [0.4, 0.5) is 15.8 Å². The van der Waals surface area contributed by atoms with Gasteiger partial charge in [0.25, 0.3) is 0 Å². The predicted molar refractivity (Wildman–Crippen MR) is 115 cm³/mol. The highest BCUT2D eigenvalue weighted by molar-refractivity contribution is 7.89. The Morgan fingerprint density at radius 1 is 1.06 bits per heavy atom. The lowest BCUT2D eigenvalue weighted by atomic mass is 10.1. The quantitative estimate of drug-likeness (QED) is 0.784. The Labute approximate surface area is 180 Å². The van der Waals surface area contributed by atoms with Crippen molar-refractivity contribution >= 4 is 33.2 Å². The summed E-state index contributed by atoms with van der Waals surface area (Å²) in [6, 6.07) is 9.30. The topological polar surface area (TPSA) is 86.8 Å². The number of hydrogen-bond donors (Lipinski definition) is 1. The summed E-state index contributed by atoms with van der Waals surface area (Å²) in [6.45, 7) is 2.35. The second-order valence-electron chi connectivity index (χ2n) is 7.86. The Bertz CT molecular complexity index is 1130. The molecule has 2 aromatic rings. The molecule has 0 radical (unpaired) electrons. The normalized spacial score (nSPS) is 19.2. The van der Waals surface area contributed by atoms with Crippen LogP contribution in [0.15, 0.2) is 47.4 Å². The third kappa shape index (κ3) is 4.20. The molecule has 0 aliphatic carbocycles. The van der Waals surface area contributed by atoms with Crippen molar-refractivity contribution in [3.8, 4) is 0 Å². The molecular weight excluding hydrogens is 421 g/mol. The summed E-state index contributed by atoms with van der Waals surface area (Å²) in [7, 11) is -3.62. The molecule has 2 aliphatic heterocycles. The zero-order chi connectivity index (χ0) is 22.2. The first-order valence-electron chi connectivity index (χ1n) is 10.3. The first kappa shape index (κ1) is 21.5. The van der Waals surface area contributed by atoms with E-state index in [1.165, 1.54) is 40.4 Å². The number of benzene rings is 2. The van der Waals surface area contributed by atoms with Gasteiger partial charge in [-0.25, -0.2) is 12.8 Å². The van der Waals surface area contributed by atoms with Gasteiger partial charge in [0.15, 0.2) is 0 Å². The van der Waals surface area contributed by atoms with Crippen molar-refractivity contribution < 1.29 is 22.4 Å². The summed E-state index contributed by atoms with van der Waals surface area (Å²) in [4.78, 5) is 26.7. The molecule has 9 heteroatoms. The van der Waals surface area contributed by atoms with Crippen LogP contribution in [0.5, 0.6) is 0 Å². The molecule has 7 nitrogen and oxygen atoms in total. The van der Waals surface area contributed by atoms with Gasteiger partial charge >= 0.3 is 0 Å². The van der Waals surface area contributed by atoms with E-state index in [9.17, 15) is 22.4 Å². The molecule has 0 bridgehead atoms. The van der Waals surface area contributed by atoms with Crippen LogP contribution >= 0.6 is 0 Å². The van der Waals surface area contributed by atoms with Crippen LogP contribution in [-0.4, -0.2) is 43.7 Å². The highest BCUT2D eigenvalue weighted by Gasteiger charge is 2.38. The van der Waals surface area contributed by atoms with Gasteiger partial charge in [-0.2, -0.15) is 4.31 Å². The second kappa shape index (κ2) is 8.39. The lowest BCUT2D eigenvalue weighted by Gasteiger charge is -2.26. The Morgan fingerprint density at radius 2 is 1.81 bits per heavy atom. The maximum atomic E-state index is 13.4. The van der Waals surface area contributed by atoms with Gasteiger partial charge in [0.05, 0.1) is 4.90 Å². The minimum absolute atomic E-state index is 0.169. The number of fused-ring (bicyclic) bond motifs is 1. The maximum Gasteiger partial charge on any atom is 0.247 e. The lowest BCUT2D eigenvalue weighted by Crippen LogP contribution is -2.44. The van der Waals surface area contributed by atoms with E-state index in [4.69, 9.17) is 0 Å². The average Bonchev–Trinajstić information content (AvgIpc) is 3.13. The number of anilines is 2. The van der Waals surface area contributed by atoms with Gasteiger partial charge in [-0.05, 0) is 54.8 Å². The van der Waals surface area contributed by atoms with E-state index in [1.54, 1.807) is 18.2 Å². The Hall–Kier alpha value is -2.78. The van der Waals surface area contributed by atoms with Crippen LogP contribution in [0.2, 0.25) is 0 Å². The van der Waals surface area contributed by atoms with E-state index < -0.39 is 27.8 Å². The summed E-state index contributed by atoms with van der Waals surface area (Å²) in [6.07, 6.45) is 2.88. The van der Waals surface area contributed by atoms with Gasteiger partial charge in [0.2, 0.25) is 21.8 Å². The summed E-state index contributed by atoms with van der Waals surface area (Å²) >= 11 is 0. The second-order valence-corrected chi connectivity index (χ2v) is 9.80. The molecule has 31 heavy (non-hydrogen) atoms. The van der Waals surface area contributed by atoms with Crippen LogP contribution < -0.4 is 10.2 Å². The zero-order valence-corrected chi connectivity index (χ0v) is 18.0. The van der Waals surface area contributed by atoms with Gasteiger partial charge in [0, 0.05) is 37.8 Å². The molecule has 1 atom stereocenters. The Balaban J connectivity index is 1.61. The molecule has 0 saturated carbocycles. The van der Waals surface area contributed by atoms with Gasteiger partial charge in [-0.15, -0.1) is 0 Å². The van der Waals surface area contributed by atoms with Crippen molar-refractivity contribution in [1.82, 2.24) is 4.31 Å². The number of rotatable bonds is 4. The van der Waals surface area contributed by atoms with Gasteiger partial charge in [0.1, 0.15) is 11.9 Å². The van der Waals surface area contributed by atoms with Crippen molar-refractivity contribution in [2.45, 2.75) is 43.5 Å². The van der Waals surface area contributed by atoms with Crippen molar-refractivity contribution in [3.05, 3.63) is 53.8 Å². The number of amides is 2. The van der Waals surface area contributed by atoms with E-state index >= 15 is 0 Å². The van der Waals surface area contributed by atoms with Crippen LogP contribution in [0, 0.1) is 5.82 Å². The number of piperidine rings is 1. The summed E-state index contributed by atoms with van der Waals surface area (Å²) < 4.78 is 41.0. The standard InChI is InChI=1S/C22H24FN3O4S/c1-15(27)26-20-9-8-19(31(29,30)25-10-3-2-4-11-25)12-16(20)13-21(26)22(28)24-18-7-5-6-17(23)14-18/h5-9,12,14,21H,2-4,10-11,13H2,1H3,(H,24,28)/t21-/m1/s1. The Kier molecular flexibility index (Phi) is 5.81. The molecule has 2 aromatic carbocycles. The van der Waals surface area contributed by atoms with E-state index in [0.717, 1.165) is 19.3 Å². The van der Waals surface area contributed by atoms with E-state index in [0.29, 0.717) is 24.3 Å². The average molecular weight is 446 g/mol. The highest BCUT2D eigenvalue weighted by atomic mass is 32.2. The molecule has 2 amide bonds. The highest BCUT2D eigenvalue weighted by Crippen LogP contribution is 2.35. The lowest BCUT2D eigenvalue weighted by molar-refractivity contribution is -0.122. The zero-order valence-electron chi connectivity index (χ0n) is 17.2. The molecule has 1 fully saturated rings. The van der Waals surface area contributed by atoms with E-state index in [-0.39, 0.29) is 22.9 Å². The van der Waals surface area contributed by atoms with Gasteiger partial charge < -0.3 is 5.32 Å². The first-order valence-corrected chi connectivity index (χ1v) is 11.7. The van der Waals surface area contributed by atoms with Crippen molar-refractivity contribution in [1.29, 1.82) is 0 Å². The number of carbonyl (C=O) groups is 2. The number of sulfonamides is 1. The van der Waals surface area contributed by atoms with Crippen molar-refractivity contribution in [3.63, 3.8) is 0 Å². The fourth-order valence-electron chi connectivity index (χ4n) is 4.23. The molecule has 0 spiro atoms. The van der Waals surface area contributed by atoms with Gasteiger partial charge in [-0.1, -0.05) is 12.5 Å². The first-order chi connectivity index (χ1) is 14.8. The van der Waals surface area contributed by atoms with Crippen LogP contribution in [0.1, 0.15) is 31.7 Å². The minimum Gasteiger partial charge on any atom is -0.324 e. The molecule has 2 aliphatic rings. The van der Waals surface area contributed by atoms with Crippen LogP contribution in [-0.2, 0) is 26.0 Å². The predicted octanol–water partition coefficient (Wildman–Crippen LogP) is 2.92. The summed E-state index contributed by atoms with van der Waals surface area (Å²) in [5, 5.41) is 2.64. The molecule has 0 unspecified atom stereocenters. The van der Waals surface area contributed by atoms with Crippen LogP contribution in [0.25, 0.3) is 0 Å². The monoisotopic (exact) mass is 445 g/mol. The number of nitrogens with one attached hydrogen (secondary N) is 1. The molecule has 164 valence electrons. The SMILES string of the molecule is CC(=O)N1c2ccc(S(=O)(=O)N3CCCCC3)cc2C[C@@H]1C(=O)Nc1cccc(F)c1. The number of nitrogens with zero attached hydrogens (tertiary/aromatic N) is 2. The molecule has 1 saturated heterocycles. The fourth-order valence-corrected chi connectivity index (χ4v) is 5.80. The van der Waals surface area contributed by atoms with Crippen LogP contribution in [0.3, 0.4) is 0 Å². The molecule has 0 aromatic heterocycles. The largest absolute Gasteiger partial charge is 0.324 e. The number of carbonyl (C=O) groups excluding carboxylic acids is 2. The fraction of sp³-hybridized carbons (Fsp3) is 0.364. The third-order valence-electron chi connectivity index (χ3n) is 5.72. The summed E-state index contributed by atoms with van der Waals surface area (Å²) in [5.74, 6) is -1.27. The maximum absolute atomic E-state index is 13.4. The van der Waals surface area contributed by atoms with Crippen molar-refractivity contribution in [2.24, 2.45) is 0 Å². The molecule has 4 rings (SSSR count). The molecular formula is C22H24FN3O4S. The van der Waals surface area contributed by atoms with Crippen molar-refractivity contribution in [2.75, 3.05) is 23.3 Å². The van der Waals surface area contributed by atoms with E-state index in [2.05, 4.69) is 5.32 Å². The number of hydrogen-bond acceptors (Lipinski definition) is 4. The summed E-state index contributed by atoms with van der Waals surface area (Å²) in [5.41, 5.74) is 1.43. The Morgan fingerprint density at radius 3 is 2.48 bits per heavy atom. The molecule has 1 N–H and O–H groups in total. The third-order valence-corrected chi connectivity index (χ3v) is 7.62. The van der Waals surface area contributed by atoms with E-state index in [1.807, 2.05) is 0 Å².